The van der Waals surface area contributed by atoms with Crippen LogP contribution >= 0.6 is 23.2 Å². The summed E-state index contributed by atoms with van der Waals surface area (Å²) in [5.41, 5.74) is 2.58. The van der Waals surface area contributed by atoms with Gasteiger partial charge >= 0.3 is 0 Å². The highest BCUT2D eigenvalue weighted by Crippen LogP contribution is 2.21. The van der Waals surface area contributed by atoms with Crippen molar-refractivity contribution in [3.63, 3.8) is 0 Å². The van der Waals surface area contributed by atoms with Gasteiger partial charge in [0, 0.05) is 29.9 Å². The van der Waals surface area contributed by atoms with Gasteiger partial charge in [0.2, 0.25) is 0 Å². The first kappa shape index (κ1) is 20.2. The van der Waals surface area contributed by atoms with Crippen LogP contribution in [0.15, 0.2) is 54.9 Å². The number of rotatable bonds is 8. The largest absolute Gasteiger partial charge is 0.489 e. The van der Waals surface area contributed by atoms with Crippen LogP contribution in [0.5, 0.6) is 5.75 Å². The highest BCUT2D eigenvalue weighted by Gasteiger charge is 2.06. The van der Waals surface area contributed by atoms with Crippen molar-refractivity contribution >= 4 is 29.1 Å². The van der Waals surface area contributed by atoms with Crippen molar-refractivity contribution in [2.24, 2.45) is 0 Å². The van der Waals surface area contributed by atoms with Crippen molar-refractivity contribution in [3.05, 3.63) is 81.6 Å². The molecular weight excluding hydrogens is 397 g/mol. The number of aryl methyl sites for hydroxylation is 2. The fourth-order valence-corrected chi connectivity index (χ4v) is 2.91. The van der Waals surface area contributed by atoms with Gasteiger partial charge in [0.15, 0.2) is 0 Å². The first-order chi connectivity index (χ1) is 13.5. The number of hydrogen-bond donors (Lipinski definition) is 1. The Morgan fingerprint density at radius 2 is 1.96 bits per heavy atom. The molecular formula is C21H21Cl2N3O2. The summed E-state index contributed by atoms with van der Waals surface area (Å²) in [5, 5.41) is 8.34. The fraction of sp³-hybridized carbons (Fsp3) is 0.238. The van der Waals surface area contributed by atoms with Crippen LogP contribution in [0, 0.1) is 6.92 Å². The molecule has 0 aliphatic rings. The molecule has 0 radical (unpaired) electrons. The van der Waals surface area contributed by atoms with Gasteiger partial charge < -0.3 is 10.1 Å². The molecule has 1 aromatic heterocycles. The van der Waals surface area contributed by atoms with Crippen LogP contribution in [0.25, 0.3) is 0 Å². The molecule has 146 valence electrons. The second-order valence-corrected chi connectivity index (χ2v) is 7.27. The zero-order valence-corrected chi connectivity index (χ0v) is 17.0. The highest BCUT2D eigenvalue weighted by molar-refractivity contribution is 6.31. The summed E-state index contributed by atoms with van der Waals surface area (Å²) in [7, 11) is 0. The SMILES string of the molecule is Cc1cc(OCc2ccc(C(=O)NCCCn3cc(Cl)cn3)cc2)ccc1Cl. The summed E-state index contributed by atoms with van der Waals surface area (Å²) in [6.07, 6.45) is 4.13. The van der Waals surface area contributed by atoms with Crippen LogP contribution in [0.2, 0.25) is 10.0 Å². The summed E-state index contributed by atoms with van der Waals surface area (Å²) in [6.45, 7) is 3.63. The van der Waals surface area contributed by atoms with E-state index in [4.69, 9.17) is 27.9 Å². The Morgan fingerprint density at radius 3 is 2.64 bits per heavy atom. The lowest BCUT2D eigenvalue weighted by atomic mass is 10.1. The predicted molar refractivity (Wildman–Crippen MR) is 111 cm³/mol. The second kappa shape index (κ2) is 9.62. The number of amides is 1. The van der Waals surface area contributed by atoms with E-state index >= 15 is 0 Å². The van der Waals surface area contributed by atoms with Gasteiger partial charge in [-0.15, -0.1) is 0 Å². The molecule has 0 aliphatic carbocycles. The molecule has 5 nitrogen and oxygen atoms in total. The van der Waals surface area contributed by atoms with E-state index in [0.717, 1.165) is 28.3 Å². The molecule has 0 bridgehead atoms. The van der Waals surface area contributed by atoms with Crippen molar-refractivity contribution in [2.75, 3.05) is 6.54 Å². The summed E-state index contributed by atoms with van der Waals surface area (Å²) >= 11 is 11.8. The van der Waals surface area contributed by atoms with Gasteiger partial charge in [0.1, 0.15) is 12.4 Å². The fourth-order valence-electron chi connectivity index (χ4n) is 2.63. The Balaban J connectivity index is 1.43. The maximum absolute atomic E-state index is 12.2. The minimum Gasteiger partial charge on any atom is -0.489 e. The van der Waals surface area contributed by atoms with Crippen LogP contribution in [0.1, 0.15) is 27.9 Å². The Kier molecular flexibility index (Phi) is 6.95. The van der Waals surface area contributed by atoms with E-state index in [1.807, 2.05) is 37.3 Å². The number of aromatic nitrogens is 2. The average Bonchev–Trinajstić information content (AvgIpc) is 3.11. The number of carbonyl (C=O) groups is 1. The van der Waals surface area contributed by atoms with Gasteiger partial charge in [0.05, 0.1) is 11.2 Å². The van der Waals surface area contributed by atoms with Crippen LogP contribution in [-0.2, 0) is 13.2 Å². The number of nitrogens with one attached hydrogen (secondary N) is 1. The van der Waals surface area contributed by atoms with Crippen molar-refractivity contribution in [1.29, 1.82) is 0 Å². The number of hydrogen-bond acceptors (Lipinski definition) is 3. The van der Waals surface area contributed by atoms with E-state index in [9.17, 15) is 4.79 Å². The number of nitrogens with zero attached hydrogens (tertiary/aromatic N) is 2. The molecule has 0 fully saturated rings. The van der Waals surface area contributed by atoms with Gasteiger partial charge in [-0.1, -0.05) is 35.3 Å². The first-order valence-electron chi connectivity index (χ1n) is 8.95. The normalized spacial score (nSPS) is 10.7. The van der Waals surface area contributed by atoms with Crippen molar-refractivity contribution in [3.8, 4) is 5.75 Å². The average molecular weight is 418 g/mol. The second-order valence-electron chi connectivity index (χ2n) is 6.43. The molecule has 0 atom stereocenters. The number of ether oxygens (including phenoxy) is 1. The number of halogens is 2. The van der Waals surface area contributed by atoms with Gasteiger partial charge in [-0.05, 0) is 54.8 Å². The Labute approximate surface area is 174 Å². The lowest BCUT2D eigenvalue weighted by molar-refractivity contribution is 0.0952. The molecule has 3 aromatic rings. The molecule has 0 unspecified atom stereocenters. The molecule has 1 heterocycles. The topological polar surface area (TPSA) is 56.1 Å². The molecule has 1 N–H and O–H groups in total. The molecule has 0 aliphatic heterocycles. The minimum atomic E-state index is -0.0979. The van der Waals surface area contributed by atoms with Crippen molar-refractivity contribution in [1.82, 2.24) is 15.1 Å². The standard InChI is InChI=1S/C21H21Cl2N3O2/c1-15-11-19(7-8-20(15)23)28-14-16-3-5-17(6-4-16)21(27)24-9-2-10-26-13-18(22)12-25-26/h3-8,11-13H,2,9-10,14H2,1H3,(H,24,27). The molecule has 0 saturated carbocycles. The lowest BCUT2D eigenvalue weighted by Gasteiger charge is -2.09. The lowest BCUT2D eigenvalue weighted by Crippen LogP contribution is -2.25. The molecule has 2 aromatic carbocycles. The molecule has 7 heteroatoms. The van der Waals surface area contributed by atoms with Gasteiger partial charge in [-0.2, -0.15) is 5.10 Å². The summed E-state index contributed by atoms with van der Waals surface area (Å²) in [6, 6.07) is 13.0. The minimum absolute atomic E-state index is 0.0979. The van der Waals surface area contributed by atoms with Crippen molar-refractivity contribution in [2.45, 2.75) is 26.5 Å². The van der Waals surface area contributed by atoms with Gasteiger partial charge in [-0.25, -0.2) is 0 Å². The predicted octanol–water partition coefficient (Wildman–Crippen LogP) is 4.90. The van der Waals surface area contributed by atoms with Gasteiger partial charge in [0.25, 0.3) is 5.91 Å². The zero-order valence-electron chi connectivity index (χ0n) is 15.5. The van der Waals surface area contributed by atoms with Crippen molar-refractivity contribution < 1.29 is 9.53 Å². The third-order valence-corrected chi connectivity index (χ3v) is 4.82. The maximum atomic E-state index is 12.2. The van der Waals surface area contributed by atoms with E-state index in [2.05, 4.69) is 10.4 Å². The molecule has 3 rings (SSSR count). The molecule has 0 spiro atoms. The summed E-state index contributed by atoms with van der Waals surface area (Å²) in [5.74, 6) is 0.668. The molecule has 1 amide bonds. The molecule has 0 saturated heterocycles. The smallest absolute Gasteiger partial charge is 0.251 e. The zero-order chi connectivity index (χ0) is 19.9. The third-order valence-electron chi connectivity index (χ3n) is 4.20. The van der Waals surface area contributed by atoms with E-state index in [1.54, 1.807) is 29.2 Å². The molecule has 28 heavy (non-hydrogen) atoms. The van der Waals surface area contributed by atoms with Crippen LogP contribution in [0.3, 0.4) is 0 Å². The van der Waals surface area contributed by atoms with Crippen LogP contribution < -0.4 is 10.1 Å². The van der Waals surface area contributed by atoms with E-state index in [0.29, 0.717) is 30.3 Å². The van der Waals surface area contributed by atoms with E-state index < -0.39 is 0 Å². The monoisotopic (exact) mass is 417 g/mol. The Bertz CT molecular complexity index is 939. The van der Waals surface area contributed by atoms with E-state index in [-0.39, 0.29) is 5.91 Å². The summed E-state index contributed by atoms with van der Waals surface area (Å²) in [4.78, 5) is 12.2. The highest BCUT2D eigenvalue weighted by atomic mass is 35.5. The summed E-state index contributed by atoms with van der Waals surface area (Å²) < 4.78 is 7.53. The van der Waals surface area contributed by atoms with Gasteiger partial charge in [-0.3, -0.25) is 9.48 Å². The third kappa shape index (κ3) is 5.75. The maximum Gasteiger partial charge on any atom is 0.251 e. The quantitative estimate of drug-likeness (QED) is 0.530. The number of benzene rings is 2. The first-order valence-corrected chi connectivity index (χ1v) is 9.71. The Hall–Kier alpha value is -2.50. The van der Waals surface area contributed by atoms with Crippen LogP contribution in [-0.4, -0.2) is 22.2 Å². The van der Waals surface area contributed by atoms with Crippen LogP contribution in [0.4, 0.5) is 0 Å². The Morgan fingerprint density at radius 1 is 1.18 bits per heavy atom. The number of carbonyl (C=O) groups excluding carboxylic acids is 1. The van der Waals surface area contributed by atoms with E-state index in [1.165, 1.54) is 0 Å².